The maximum absolute atomic E-state index is 5.70. The molecule has 4 heteroatoms. The number of anilines is 1. The third-order valence-corrected chi connectivity index (χ3v) is 2.75. The molecule has 1 fully saturated rings. The van der Waals surface area contributed by atoms with E-state index >= 15 is 0 Å². The fraction of sp³-hybridized carbons (Fsp3) is 0.583. The minimum atomic E-state index is 0.311. The van der Waals surface area contributed by atoms with Crippen molar-refractivity contribution in [3.8, 4) is 0 Å². The fourth-order valence-electron chi connectivity index (χ4n) is 2.20. The number of hydrogen-bond acceptors (Lipinski definition) is 4. The monoisotopic (exact) mass is 221 g/mol. The summed E-state index contributed by atoms with van der Waals surface area (Å²) >= 11 is 0. The van der Waals surface area contributed by atoms with Gasteiger partial charge in [-0.15, -0.1) is 0 Å². The third kappa shape index (κ3) is 2.93. The van der Waals surface area contributed by atoms with Crippen molar-refractivity contribution in [2.75, 3.05) is 18.8 Å². The fourth-order valence-corrected chi connectivity index (χ4v) is 2.20. The lowest BCUT2D eigenvalue weighted by Crippen LogP contribution is -2.44. The number of nitrogens with zero attached hydrogens (tertiary/aromatic N) is 2. The van der Waals surface area contributed by atoms with E-state index in [1.807, 2.05) is 18.3 Å². The van der Waals surface area contributed by atoms with Crippen LogP contribution in [0.1, 0.15) is 19.4 Å². The van der Waals surface area contributed by atoms with E-state index in [2.05, 4.69) is 23.7 Å². The van der Waals surface area contributed by atoms with Crippen LogP contribution in [-0.2, 0) is 11.3 Å². The van der Waals surface area contributed by atoms with Gasteiger partial charge < -0.3 is 10.5 Å². The predicted octanol–water partition coefficient (Wildman–Crippen LogP) is 1.27. The van der Waals surface area contributed by atoms with E-state index in [0.29, 0.717) is 18.0 Å². The Labute approximate surface area is 96.4 Å². The molecular weight excluding hydrogens is 202 g/mol. The van der Waals surface area contributed by atoms with Gasteiger partial charge in [0.15, 0.2) is 0 Å². The van der Waals surface area contributed by atoms with Crippen molar-refractivity contribution >= 4 is 5.82 Å². The summed E-state index contributed by atoms with van der Waals surface area (Å²) < 4.78 is 5.70. The molecule has 2 heterocycles. The summed E-state index contributed by atoms with van der Waals surface area (Å²) in [6.45, 7) is 7.11. The third-order valence-electron chi connectivity index (χ3n) is 2.75. The Kier molecular flexibility index (Phi) is 3.41. The number of hydrogen-bond donors (Lipinski definition) is 1. The number of ether oxygens (including phenoxy) is 1. The van der Waals surface area contributed by atoms with Crippen molar-refractivity contribution in [2.24, 2.45) is 0 Å². The minimum Gasteiger partial charge on any atom is -0.384 e. The van der Waals surface area contributed by atoms with E-state index < -0.39 is 0 Å². The van der Waals surface area contributed by atoms with Crippen LogP contribution in [0.5, 0.6) is 0 Å². The topological polar surface area (TPSA) is 51.4 Å². The molecule has 2 rings (SSSR count). The van der Waals surface area contributed by atoms with Gasteiger partial charge in [-0.2, -0.15) is 0 Å². The summed E-state index contributed by atoms with van der Waals surface area (Å²) in [7, 11) is 0. The lowest BCUT2D eigenvalue weighted by atomic mass is 10.2. The highest BCUT2D eigenvalue weighted by Gasteiger charge is 2.21. The van der Waals surface area contributed by atoms with Crippen LogP contribution in [-0.4, -0.2) is 35.2 Å². The Morgan fingerprint density at radius 2 is 2.06 bits per heavy atom. The van der Waals surface area contributed by atoms with Crippen molar-refractivity contribution in [1.82, 2.24) is 9.88 Å². The molecule has 1 aromatic rings. The molecule has 16 heavy (non-hydrogen) atoms. The van der Waals surface area contributed by atoms with Gasteiger partial charge in [0.1, 0.15) is 5.82 Å². The van der Waals surface area contributed by atoms with Crippen molar-refractivity contribution < 1.29 is 4.74 Å². The Bertz CT molecular complexity index is 329. The molecule has 1 aliphatic rings. The van der Waals surface area contributed by atoms with Gasteiger partial charge in [0.25, 0.3) is 0 Å². The van der Waals surface area contributed by atoms with Crippen LogP contribution in [0.15, 0.2) is 18.3 Å². The lowest BCUT2D eigenvalue weighted by molar-refractivity contribution is -0.0705. The van der Waals surface area contributed by atoms with Crippen LogP contribution in [0, 0.1) is 0 Å². The van der Waals surface area contributed by atoms with Crippen LogP contribution >= 0.6 is 0 Å². The highest BCUT2D eigenvalue weighted by Crippen LogP contribution is 2.14. The standard InChI is InChI=1S/C12H19N3O/c1-9-6-15(7-10(2)16-9)8-11-3-4-12(13)14-5-11/h3-5,9-10H,6-8H2,1-2H3,(H2,13,14)/t9-,10+. The van der Waals surface area contributed by atoms with Gasteiger partial charge in [0, 0.05) is 25.8 Å². The van der Waals surface area contributed by atoms with E-state index in [1.165, 1.54) is 5.56 Å². The van der Waals surface area contributed by atoms with E-state index in [9.17, 15) is 0 Å². The largest absolute Gasteiger partial charge is 0.384 e. The van der Waals surface area contributed by atoms with Crippen LogP contribution < -0.4 is 5.73 Å². The van der Waals surface area contributed by atoms with Gasteiger partial charge in [-0.3, -0.25) is 4.90 Å². The van der Waals surface area contributed by atoms with Gasteiger partial charge >= 0.3 is 0 Å². The maximum atomic E-state index is 5.70. The average Bonchev–Trinajstić information content (AvgIpc) is 2.20. The highest BCUT2D eigenvalue weighted by molar-refractivity contribution is 5.29. The van der Waals surface area contributed by atoms with Gasteiger partial charge in [-0.1, -0.05) is 6.07 Å². The van der Waals surface area contributed by atoms with Crippen LogP contribution in [0.2, 0.25) is 0 Å². The molecule has 1 aromatic heterocycles. The maximum Gasteiger partial charge on any atom is 0.123 e. The zero-order valence-electron chi connectivity index (χ0n) is 9.89. The number of nitrogens with two attached hydrogens (primary N) is 1. The van der Waals surface area contributed by atoms with E-state index in [1.54, 1.807) is 0 Å². The number of morpholine rings is 1. The zero-order chi connectivity index (χ0) is 11.5. The smallest absolute Gasteiger partial charge is 0.123 e. The number of aromatic nitrogens is 1. The van der Waals surface area contributed by atoms with Crippen molar-refractivity contribution in [3.63, 3.8) is 0 Å². The molecule has 0 bridgehead atoms. The zero-order valence-corrected chi connectivity index (χ0v) is 9.89. The number of rotatable bonds is 2. The van der Waals surface area contributed by atoms with Crippen LogP contribution in [0.4, 0.5) is 5.82 Å². The summed E-state index contributed by atoms with van der Waals surface area (Å²) in [5, 5.41) is 0. The molecule has 0 radical (unpaired) electrons. The van der Waals surface area contributed by atoms with Crippen LogP contribution in [0.25, 0.3) is 0 Å². The first-order valence-corrected chi connectivity index (χ1v) is 5.71. The van der Waals surface area contributed by atoms with Crippen molar-refractivity contribution in [1.29, 1.82) is 0 Å². The first-order chi connectivity index (χ1) is 7.63. The van der Waals surface area contributed by atoms with E-state index in [0.717, 1.165) is 19.6 Å². The first-order valence-electron chi connectivity index (χ1n) is 5.71. The highest BCUT2D eigenvalue weighted by atomic mass is 16.5. The molecule has 0 unspecified atom stereocenters. The van der Waals surface area contributed by atoms with Gasteiger partial charge in [0.05, 0.1) is 12.2 Å². The second-order valence-electron chi connectivity index (χ2n) is 4.54. The first kappa shape index (κ1) is 11.4. The van der Waals surface area contributed by atoms with Gasteiger partial charge in [-0.25, -0.2) is 4.98 Å². The average molecular weight is 221 g/mol. The molecule has 1 saturated heterocycles. The molecule has 2 N–H and O–H groups in total. The molecule has 0 spiro atoms. The molecule has 0 aliphatic carbocycles. The van der Waals surface area contributed by atoms with Crippen LogP contribution in [0.3, 0.4) is 0 Å². The molecule has 0 saturated carbocycles. The van der Waals surface area contributed by atoms with E-state index in [4.69, 9.17) is 10.5 Å². The molecule has 0 aromatic carbocycles. The summed E-state index contributed by atoms with van der Waals surface area (Å²) in [4.78, 5) is 6.50. The van der Waals surface area contributed by atoms with E-state index in [-0.39, 0.29) is 0 Å². The Morgan fingerprint density at radius 1 is 1.38 bits per heavy atom. The molecule has 2 atom stereocenters. The second kappa shape index (κ2) is 4.80. The quantitative estimate of drug-likeness (QED) is 0.817. The second-order valence-corrected chi connectivity index (χ2v) is 4.54. The Morgan fingerprint density at radius 3 is 2.62 bits per heavy atom. The normalized spacial score (nSPS) is 26.9. The molecule has 4 nitrogen and oxygen atoms in total. The SMILES string of the molecule is C[C@@H]1CN(Cc2ccc(N)nc2)C[C@H](C)O1. The van der Waals surface area contributed by atoms with Crippen molar-refractivity contribution in [2.45, 2.75) is 32.6 Å². The summed E-state index contributed by atoms with van der Waals surface area (Å²) in [6, 6.07) is 3.88. The molecule has 0 amide bonds. The molecule has 88 valence electrons. The summed E-state index contributed by atoms with van der Waals surface area (Å²) in [5.74, 6) is 0.576. The molecule has 1 aliphatic heterocycles. The van der Waals surface area contributed by atoms with Crippen molar-refractivity contribution in [3.05, 3.63) is 23.9 Å². The lowest BCUT2D eigenvalue weighted by Gasteiger charge is -2.35. The Balaban J connectivity index is 1.96. The number of nitrogen functional groups attached to an aromatic ring is 1. The van der Waals surface area contributed by atoms with Gasteiger partial charge in [0.2, 0.25) is 0 Å². The summed E-state index contributed by atoms with van der Waals surface area (Å²) in [5.41, 5.74) is 6.76. The minimum absolute atomic E-state index is 0.311. The summed E-state index contributed by atoms with van der Waals surface area (Å²) in [6.07, 6.45) is 2.47. The van der Waals surface area contributed by atoms with Gasteiger partial charge in [-0.05, 0) is 25.5 Å². The molecular formula is C12H19N3O. The Hall–Kier alpha value is -1.13. The predicted molar refractivity (Wildman–Crippen MR) is 63.9 cm³/mol. The number of pyridine rings is 1.